The van der Waals surface area contributed by atoms with E-state index in [4.69, 9.17) is 0 Å². The Hall–Kier alpha value is -1.50. The molecule has 3 aromatic rings. The summed E-state index contributed by atoms with van der Waals surface area (Å²) in [5.74, 6) is 0.930. The van der Waals surface area contributed by atoms with E-state index in [2.05, 4.69) is 58.3 Å². The van der Waals surface area contributed by atoms with E-state index in [1.54, 1.807) is 17.7 Å². The van der Waals surface area contributed by atoms with Crippen molar-refractivity contribution in [2.45, 2.75) is 6.04 Å². The van der Waals surface area contributed by atoms with Crippen LogP contribution in [0.3, 0.4) is 0 Å². The third-order valence-corrected chi connectivity index (χ3v) is 5.13. The van der Waals surface area contributed by atoms with Crippen molar-refractivity contribution < 1.29 is 4.90 Å². The lowest BCUT2D eigenvalue weighted by atomic mass is 10.2. The lowest BCUT2D eigenvalue weighted by molar-refractivity contribution is -0.889. The maximum absolute atomic E-state index is 4.37. The average molecular weight is 305 g/mol. The van der Waals surface area contributed by atoms with Gasteiger partial charge in [0, 0.05) is 0 Å². The summed E-state index contributed by atoms with van der Waals surface area (Å²) < 4.78 is 0. The normalized spacial score (nSPS) is 12.9. The Kier molecular flexibility index (Phi) is 3.95. The van der Waals surface area contributed by atoms with Crippen molar-refractivity contribution in [1.29, 1.82) is 0 Å². The van der Waals surface area contributed by atoms with Crippen LogP contribution < -0.4 is 10.2 Å². The van der Waals surface area contributed by atoms with Gasteiger partial charge in [-0.1, -0.05) is 6.07 Å². The van der Waals surface area contributed by atoms with Gasteiger partial charge in [0.15, 0.2) is 0 Å². The van der Waals surface area contributed by atoms with Crippen LogP contribution in [0.25, 0.3) is 10.2 Å². The molecule has 4 nitrogen and oxygen atoms in total. The summed E-state index contributed by atoms with van der Waals surface area (Å²) in [6, 6.07) is 6.81. The molecule has 0 fully saturated rings. The molecule has 0 saturated carbocycles. The molecular formula is C14H17N4S2+. The topological polar surface area (TPSA) is 42.2 Å². The molecule has 0 unspecified atom stereocenters. The summed E-state index contributed by atoms with van der Waals surface area (Å²) in [5.41, 5.74) is 0. The summed E-state index contributed by atoms with van der Waals surface area (Å²) in [6.45, 7) is 0.866. The lowest BCUT2D eigenvalue weighted by Gasteiger charge is -2.21. The van der Waals surface area contributed by atoms with Gasteiger partial charge in [0.1, 0.15) is 23.0 Å². The van der Waals surface area contributed by atoms with Crippen LogP contribution in [0.2, 0.25) is 0 Å². The van der Waals surface area contributed by atoms with Crippen molar-refractivity contribution in [3.05, 3.63) is 40.2 Å². The largest absolute Gasteiger partial charge is 0.363 e. The molecule has 3 heterocycles. The summed E-state index contributed by atoms with van der Waals surface area (Å²) in [7, 11) is 4.37. The molecule has 0 radical (unpaired) electrons. The van der Waals surface area contributed by atoms with Gasteiger partial charge in [0.25, 0.3) is 0 Å². The minimum absolute atomic E-state index is 0.429. The van der Waals surface area contributed by atoms with E-state index in [1.165, 1.54) is 9.78 Å². The van der Waals surface area contributed by atoms with Crippen LogP contribution in [0.1, 0.15) is 10.9 Å². The van der Waals surface area contributed by atoms with Crippen LogP contribution in [0.15, 0.2) is 35.3 Å². The second kappa shape index (κ2) is 5.87. The number of fused-ring (bicyclic) bond motifs is 1. The predicted molar refractivity (Wildman–Crippen MR) is 85.8 cm³/mol. The number of hydrogen-bond acceptors (Lipinski definition) is 5. The van der Waals surface area contributed by atoms with Crippen LogP contribution in [-0.2, 0) is 0 Å². The highest BCUT2D eigenvalue weighted by Crippen LogP contribution is 2.24. The van der Waals surface area contributed by atoms with Crippen LogP contribution >= 0.6 is 22.7 Å². The van der Waals surface area contributed by atoms with Gasteiger partial charge in [-0.2, -0.15) is 0 Å². The van der Waals surface area contributed by atoms with Crippen molar-refractivity contribution in [1.82, 2.24) is 9.97 Å². The molecule has 3 aromatic heterocycles. The first-order valence-corrected chi connectivity index (χ1v) is 8.27. The number of aromatic nitrogens is 2. The number of likely N-dealkylation sites (N-methyl/N-ethyl adjacent to an activating group) is 1. The van der Waals surface area contributed by atoms with Gasteiger partial charge < -0.3 is 10.2 Å². The summed E-state index contributed by atoms with van der Waals surface area (Å²) >= 11 is 3.45. The van der Waals surface area contributed by atoms with Crippen LogP contribution in [0.5, 0.6) is 0 Å². The maximum Gasteiger partial charge on any atom is 0.139 e. The van der Waals surface area contributed by atoms with E-state index in [0.29, 0.717) is 6.04 Å². The van der Waals surface area contributed by atoms with E-state index >= 15 is 0 Å². The molecule has 104 valence electrons. The zero-order valence-electron chi connectivity index (χ0n) is 11.5. The SMILES string of the molecule is C[NH+](C)[C@@H](CNc1ncnc2sccc12)c1cccs1. The first-order chi connectivity index (χ1) is 9.75. The lowest BCUT2D eigenvalue weighted by Crippen LogP contribution is -3.06. The standard InChI is InChI=1S/C14H16N4S2/c1-18(2)11(12-4-3-6-19-12)8-15-13-10-5-7-20-14(10)17-9-16-13/h3-7,9,11H,8H2,1-2H3,(H,15,16,17)/p+1/t11-/m0/s1. The Labute approximate surface area is 126 Å². The molecule has 0 aliphatic carbocycles. The van der Waals surface area contributed by atoms with E-state index in [9.17, 15) is 0 Å². The third-order valence-electron chi connectivity index (χ3n) is 3.32. The Morgan fingerprint density at radius 2 is 2.10 bits per heavy atom. The van der Waals surface area contributed by atoms with Gasteiger partial charge >= 0.3 is 0 Å². The molecule has 2 N–H and O–H groups in total. The Balaban J connectivity index is 1.79. The van der Waals surface area contributed by atoms with Crippen molar-refractivity contribution in [2.75, 3.05) is 26.0 Å². The molecule has 1 atom stereocenters. The first kappa shape index (κ1) is 13.5. The molecule has 20 heavy (non-hydrogen) atoms. The summed E-state index contributed by atoms with van der Waals surface area (Å²) in [6.07, 6.45) is 1.63. The van der Waals surface area contributed by atoms with Crippen molar-refractivity contribution >= 4 is 38.7 Å². The highest BCUT2D eigenvalue weighted by Gasteiger charge is 2.19. The number of rotatable bonds is 5. The van der Waals surface area contributed by atoms with Gasteiger partial charge in [0.05, 0.1) is 30.9 Å². The van der Waals surface area contributed by atoms with Gasteiger partial charge in [0.2, 0.25) is 0 Å². The first-order valence-electron chi connectivity index (χ1n) is 6.51. The molecule has 3 rings (SSSR count). The van der Waals surface area contributed by atoms with E-state index in [0.717, 1.165) is 22.6 Å². The second-order valence-corrected chi connectivity index (χ2v) is 6.76. The Morgan fingerprint density at radius 3 is 2.85 bits per heavy atom. The highest BCUT2D eigenvalue weighted by molar-refractivity contribution is 7.16. The molecule has 6 heteroatoms. The molecule has 0 aliphatic heterocycles. The second-order valence-electron chi connectivity index (χ2n) is 4.89. The maximum atomic E-state index is 4.37. The van der Waals surface area contributed by atoms with Gasteiger partial charge in [-0.15, -0.1) is 22.7 Å². The number of nitrogens with one attached hydrogen (secondary N) is 2. The van der Waals surface area contributed by atoms with Crippen molar-refractivity contribution in [3.8, 4) is 0 Å². The van der Waals surface area contributed by atoms with Crippen LogP contribution in [0, 0.1) is 0 Å². The highest BCUT2D eigenvalue weighted by atomic mass is 32.1. The molecular weight excluding hydrogens is 288 g/mol. The van der Waals surface area contributed by atoms with Crippen LogP contribution in [0.4, 0.5) is 5.82 Å². The summed E-state index contributed by atoms with van der Waals surface area (Å²) in [4.78, 5) is 12.5. The number of nitrogens with zero attached hydrogens (tertiary/aromatic N) is 2. The molecule has 0 spiro atoms. The molecule has 0 saturated heterocycles. The molecule has 0 aromatic carbocycles. The summed E-state index contributed by atoms with van der Waals surface area (Å²) in [5, 5.41) is 8.78. The van der Waals surface area contributed by atoms with E-state index in [-0.39, 0.29) is 0 Å². The number of hydrogen-bond donors (Lipinski definition) is 2. The van der Waals surface area contributed by atoms with Gasteiger partial charge in [-0.3, -0.25) is 0 Å². The third kappa shape index (κ3) is 2.67. The average Bonchev–Trinajstić information content (AvgIpc) is 3.09. The monoisotopic (exact) mass is 305 g/mol. The zero-order valence-corrected chi connectivity index (χ0v) is 13.1. The van der Waals surface area contributed by atoms with Gasteiger partial charge in [-0.25, -0.2) is 9.97 Å². The Morgan fingerprint density at radius 1 is 1.20 bits per heavy atom. The smallest absolute Gasteiger partial charge is 0.139 e. The quantitative estimate of drug-likeness (QED) is 0.758. The minimum Gasteiger partial charge on any atom is -0.363 e. The van der Waals surface area contributed by atoms with Crippen LogP contribution in [-0.4, -0.2) is 30.6 Å². The molecule has 0 aliphatic rings. The van der Waals surface area contributed by atoms with E-state index in [1.807, 2.05) is 11.3 Å². The van der Waals surface area contributed by atoms with E-state index < -0.39 is 0 Å². The van der Waals surface area contributed by atoms with Crippen molar-refractivity contribution in [2.24, 2.45) is 0 Å². The molecule has 0 amide bonds. The molecule has 0 bridgehead atoms. The fraction of sp³-hybridized carbons (Fsp3) is 0.286. The predicted octanol–water partition coefficient (Wildman–Crippen LogP) is 2.05. The fourth-order valence-electron chi connectivity index (χ4n) is 2.21. The Bertz CT molecular complexity index is 675. The number of thiophene rings is 2. The zero-order chi connectivity index (χ0) is 13.9. The minimum atomic E-state index is 0.429. The number of quaternary nitrogens is 1. The number of anilines is 1. The van der Waals surface area contributed by atoms with Gasteiger partial charge in [-0.05, 0) is 22.9 Å². The van der Waals surface area contributed by atoms with Crippen molar-refractivity contribution in [3.63, 3.8) is 0 Å². The fourth-order valence-corrected chi connectivity index (χ4v) is 3.90.